The maximum absolute atomic E-state index is 11.7. The highest BCUT2D eigenvalue weighted by atomic mass is 35.5. The van der Waals surface area contributed by atoms with E-state index in [-0.39, 0.29) is 12.4 Å². The molecule has 4 nitrogen and oxygen atoms in total. The lowest BCUT2D eigenvalue weighted by molar-refractivity contribution is -0.133. The molecule has 0 aromatic rings. The second-order valence-corrected chi connectivity index (χ2v) is 2.64. The van der Waals surface area contributed by atoms with Crippen LogP contribution in [0.15, 0.2) is 0 Å². The summed E-state index contributed by atoms with van der Waals surface area (Å²) in [6, 6.07) is 0. The third-order valence-electron chi connectivity index (χ3n) is 1.44. The Balaban J connectivity index is 3.96. The predicted molar refractivity (Wildman–Crippen MR) is 45.5 cm³/mol. The van der Waals surface area contributed by atoms with Gasteiger partial charge in [-0.2, -0.15) is 8.78 Å². The maximum Gasteiger partial charge on any atom is 0.315 e. The predicted octanol–water partition coefficient (Wildman–Crippen LogP) is 0.191. The molecule has 0 aliphatic carbocycles. The zero-order chi connectivity index (χ0) is 11.1. The molecule has 0 saturated heterocycles. The number of halogens is 3. The van der Waals surface area contributed by atoms with Gasteiger partial charge in [-0.25, -0.2) is 0 Å². The number of alkyl halides is 3. The van der Waals surface area contributed by atoms with Crippen LogP contribution in [0.1, 0.15) is 0 Å². The average Bonchev–Trinajstić information content (AvgIpc) is 2.17. The number of hydrogen-bond acceptors (Lipinski definition) is 3. The van der Waals surface area contributed by atoms with E-state index >= 15 is 0 Å². The van der Waals surface area contributed by atoms with Crippen LogP contribution in [0.25, 0.3) is 0 Å². The van der Waals surface area contributed by atoms with Gasteiger partial charge in [0.05, 0.1) is 12.4 Å². The van der Waals surface area contributed by atoms with Gasteiger partial charge in [-0.1, -0.05) is 0 Å². The molecule has 1 amide bonds. The van der Waals surface area contributed by atoms with Gasteiger partial charge in [-0.05, 0) is 0 Å². The Bertz CT molecular complexity index is 213. The summed E-state index contributed by atoms with van der Waals surface area (Å²) in [7, 11) is 1.23. The monoisotopic (exact) mass is 229 g/mol. The van der Waals surface area contributed by atoms with Crippen molar-refractivity contribution in [3.63, 3.8) is 0 Å². The molecular weight excluding hydrogens is 220 g/mol. The number of hydrogen-bond donors (Lipinski definition) is 1. The number of nitrogens with one attached hydrogen (secondary N) is 1. The fourth-order valence-corrected chi connectivity index (χ4v) is 0.857. The van der Waals surface area contributed by atoms with Crippen molar-refractivity contribution < 1.29 is 23.1 Å². The number of rotatable bonds is 6. The Morgan fingerprint density at radius 3 is 2.43 bits per heavy atom. The normalized spacial score (nSPS) is 12.6. The van der Waals surface area contributed by atoms with Crippen molar-refractivity contribution >= 4 is 23.3 Å². The minimum atomic E-state index is -3.10. The molecule has 0 aliphatic rings. The lowest BCUT2D eigenvalue weighted by atomic mass is 10.2. The average molecular weight is 230 g/mol. The minimum absolute atomic E-state index is 0.289. The number of ether oxygens (including phenoxy) is 1. The zero-order valence-corrected chi connectivity index (χ0v) is 8.18. The van der Waals surface area contributed by atoms with E-state index < -0.39 is 24.2 Å². The Morgan fingerprint density at radius 1 is 1.50 bits per heavy atom. The maximum atomic E-state index is 11.7. The first-order valence-electron chi connectivity index (χ1n) is 3.70. The summed E-state index contributed by atoms with van der Waals surface area (Å²) in [5.74, 6) is -2.19. The van der Waals surface area contributed by atoms with Gasteiger partial charge in [0.2, 0.25) is 0 Å². The molecule has 0 aromatic heterocycles. The van der Waals surface area contributed by atoms with Crippen molar-refractivity contribution in [2.45, 2.75) is 12.5 Å². The number of ketones is 1. The standard InChI is InChI=1S/C7H10ClF2NO3/c1-14-5(4(12)2-8)3-11-7(13)6(9)10/h5-6H,2-3H2,1H3,(H,11,13). The van der Waals surface area contributed by atoms with E-state index in [1.807, 2.05) is 5.32 Å². The first-order chi connectivity index (χ1) is 6.52. The van der Waals surface area contributed by atoms with Crippen molar-refractivity contribution in [1.82, 2.24) is 5.32 Å². The highest BCUT2D eigenvalue weighted by Gasteiger charge is 2.20. The van der Waals surface area contributed by atoms with Crippen molar-refractivity contribution in [1.29, 1.82) is 0 Å². The first-order valence-corrected chi connectivity index (χ1v) is 4.23. The molecule has 0 spiro atoms. The molecule has 14 heavy (non-hydrogen) atoms. The zero-order valence-electron chi connectivity index (χ0n) is 7.43. The van der Waals surface area contributed by atoms with E-state index in [4.69, 9.17) is 11.6 Å². The summed E-state index contributed by atoms with van der Waals surface area (Å²) in [5.41, 5.74) is 0. The molecule has 0 rings (SSSR count). The molecule has 1 atom stereocenters. The molecule has 82 valence electrons. The number of methoxy groups -OCH3 is 1. The van der Waals surface area contributed by atoms with Crippen LogP contribution in [-0.4, -0.2) is 43.8 Å². The molecule has 1 N–H and O–H groups in total. The fourth-order valence-electron chi connectivity index (χ4n) is 0.685. The molecule has 7 heteroatoms. The molecule has 0 radical (unpaired) electrons. The molecule has 0 saturated carbocycles. The van der Waals surface area contributed by atoms with E-state index in [1.165, 1.54) is 7.11 Å². The van der Waals surface area contributed by atoms with Gasteiger partial charge in [0.1, 0.15) is 6.10 Å². The van der Waals surface area contributed by atoms with Crippen LogP contribution >= 0.6 is 11.6 Å². The van der Waals surface area contributed by atoms with Crippen LogP contribution < -0.4 is 5.32 Å². The second-order valence-electron chi connectivity index (χ2n) is 2.37. The number of carbonyl (C=O) groups excluding carboxylic acids is 2. The van der Waals surface area contributed by atoms with Gasteiger partial charge in [0.15, 0.2) is 5.78 Å². The van der Waals surface area contributed by atoms with Crippen LogP contribution in [0.4, 0.5) is 8.78 Å². The van der Waals surface area contributed by atoms with E-state index in [0.29, 0.717) is 0 Å². The molecular formula is C7H10ClF2NO3. The van der Waals surface area contributed by atoms with Crippen molar-refractivity contribution in [2.75, 3.05) is 19.5 Å². The third-order valence-corrected chi connectivity index (χ3v) is 1.70. The van der Waals surface area contributed by atoms with Crippen molar-refractivity contribution in [3.8, 4) is 0 Å². The Hall–Kier alpha value is -0.750. The SMILES string of the molecule is COC(CNC(=O)C(F)F)C(=O)CCl. The van der Waals surface area contributed by atoms with E-state index in [9.17, 15) is 18.4 Å². The van der Waals surface area contributed by atoms with Gasteiger partial charge in [-0.15, -0.1) is 11.6 Å². The third kappa shape index (κ3) is 4.48. The van der Waals surface area contributed by atoms with E-state index in [0.717, 1.165) is 0 Å². The topological polar surface area (TPSA) is 55.4 Å². The Kier molecular flexibility index (Phi) is 6.31. The fraction of sp³-hybridized carbons (Fsp3) is 0.714. The van der Waals surface area contributed by atoms with Gasteiger partial charge < -0.3 is 10.1 Å². The van der Waals surface area contributed by atoms with Gasteiger partial charge in [0.25, 0.3) is 5.91 Å². The summed E-state index contributed by atoms with van der Waals surface area (Å²) >= 11 is 5.21. The largest absolute Gasteiger partial charge is 0.372 e. The summed E-state index contributed by atoms with van der Waals surface area (Å²) in [5, 5.41) is 1.85. The molecule has 0 bridgehead atoms. The summed E-state index contributed by atoms with van der Waals surface area (Å²) in [6.07, 6.45) is -4.08. The van der Waals surface area contributed by atoms with Crippen LogP contribution in [0, 0.1) is 0 Å². The molecule has 0 aromatic carbocycles. The number of amides is 1. The van der Waals surface area contributed by atoms with Gasteiger partial charge >= 0.3 is 6.43 Å². The van der Waals surface area contributed by atoms with Crippen LogP contribution in [-0.2, 0) is 14.3 Å². The second kappa shape index (κ2) is 6.67. The van der Waals surface area contributed by atoms with E-state index in [2.05, 4.69) is 4.74 Å². The molecule has 0 heterocycles. The quantitative estimate of drug-likeness (QED) is 0.662. The van der Waals surface area contributed by atoms with Gasteiger partial charge in [-0.3, -0.25) is 9.59 Å². The molecule has 0 aliphatic heterocycles. The van der Waals surface area contributed by atoms with E-state index in [1.54, 1.807) is 0 Å². The summed E-state index contributed by atoms with van der Waals surface area (Å²) < 4.78 is 28.0. The van der Waals surface area contributed by atoms with Crippen LogP contribution in [0.2, 0.25) is 0 Å². The summed E-state index contributed by atoms with van der Waals surface area (Å²) in [4.78, 5) is 21.3. The molecule has 0 fully saturated rings. The molecule has 1 unspecified atom stereocenters. The highest BCUT2D eigenvalue weighted by molar-refractivity contribution is 6.28. The van der Waals surface area contributed by atoms with Crippen molar-refractivity contribution in [2.24, 2.45) is 0 Å². The lowest BCUT2D eigenvalue weighted by Crippen LogP contribution is -2.40. The smallest absolute Gasteiger partial charge is 0.315 e. The summed E-state index contributed by atoms with van der Waals surface area (Å²) in [6.45, 7) is -0.300. The van der Waals surface area contributed by atoms with Crippen LogP contribution in [0.5, 0.6) is 0 Å². The number of carbonyl (C=O) groups is 2. The lowest BCUT2D eigenvalue weighted by Gasteiger charge is -2.13. The number of Topliss-reactive ketones (excluding diaryl/α,β-unsaturated/α-hetero) is 1. The highest BCUT2D eigenvalue weighted by Crippen LogP contribution is 1.95. The van der Waals surface area contributed by atoms with Crippen LogP contribution in [0.3, 0.4) is 0 Å². The Labute approximate surface area is 84.5 Å². The Morgan fingerprint density at radius 2 is 2.07 bits per heavy atom. The van der Waals surface area contributed by atoms with Crippen molar-refractivity contribution in [3.05, 3.63) is 0 Å². The van der Waals surface area contributed by atoms with Gasteiger partial charge in [0, 0.05) is 7.11 Å². The minimum Gasteiger partial charge on any atom is -0.372 e. The first kappa shape index (κ1) is 13.2.